The van der Waals surface area contributed by atoms with Gasteiger partial charge in [0.25, 0.3) is 0 Å². The smallest absolute Gasteiger partial charge is 0.242 e. The number of carbonyl (C=O) groups excluding carboxylic acids is 2. The van der Waals surface area contributed by atoms with Crippen molar-refractivity contribution in [3.05, 3.63) is 28.6 Å². The van der Waals surface area contributed by atoms with Crippen molar-refractivity contribution in [2.24, 2.45) is 0 Å². The zero-order valence-corrected chi connectivity index (χ0v) is 22.0. The van der Waals surface area contributed by atoms with Gasteiger partial charge in [-0.05, 0) is 81.3 Å². The molecule has 1 aromatic heterocycles. The Morgan fingerprint density at radius 2 is 1.83 bits per heavy atom. The van der Waals surface area contributed by atoms with Crippen LogP contribution in [0.4, 0.5) is 0 Å². The van der Waals surface area contributed by atoms with Gasteiger partial charge in [-0.15, -0.1) is 11.3 Å². The number of thiophene rings is 1. The van der Waals surface area contributed by atoms with Gasteiger partial charge in [0.05, 0.1) is 15.8 Å². The molecule has 0 spiro atoms. The first-order valence-electron chi connectivity index (χ1n) is 12.3. The lowest BCUT2D eigenvalue weighted by Gasteiger charge is -2.34. The van der Waals surface area contributed by atoms with Gasteiger partial charge in [0, 0.05) is 30.4 Å². The molecule has 2 aromatic rings. The van der Waals surface area contributed by atoms with Crippen LogP contribution in [0.2, 0.25) is 4.34 Å². The molecule has 5 rings (SSSR count). The number of rotatable bonds is 7. The first kappa shape index (κ1) is 25.0. The summed E-state index contributed by atoms with van der Waals surface area (Å²) < 4.78 is 30.2. The fourth-order valence-electron chi connectivity index (χ4n) is 5.49. The Morgan fingerprint density at radius 1 is 1.06 bits per heavy atom. The van der Waals surface area contributed by atoms with Crippen molar-refractivity contribution in [1.29, 1.82) is 0 Å². The highest BCUT2D eigenvalue weighted by molar-refractivity contribution is 7.89. The lowest BCUT2D eigenvalue weighted by Crippen LogP contribution is -2.55. The molecule has 0 radical (unpaired) electrons. The molecule has 1 aromatic carbocycles. The van der Waals surface area contributed by atoms with Gasteiger partial charge in [0.2, 0.25) is 21.8 Å². The number of nitrogens with one attached hydrogen (secondary N) is 1. The van der Waals surface area contributed by atoms with E-state index in [0.717, 1.165) is 49.1 Å². The number of fused-ring (bicyclic) bond motifs is 1. The number of halogens is 1. The Balaban J connectivity index is 1.22. The molecule has 8 nitrogen and oxygen atoms in total. The highest BCUT2D eigenvalue weighted by atomic mass is 35.5. The Labute approximate surface area is 215 Å². The number of likely N-dealkylation sites (tertiary alicyclic amines) is 3. The second kappa shape index (κ2) is 10.3. The third kappa shape index (κ3) is 5.51. The average Bonchev–Trinajstić information content (AvgIpc) is 3.56. The summed E-state index contributed by atoms with van der Waals surface area (Å²) in [5, 5.41) is 0.749. The molecule has 190 valence electrons. The predicted octanol–water partition coefficient (Wildman–Crippen LogP) is 2.91. The van der Waals surface area contributed by atoms with Crippen LogP contribution in [-0.4, -0.2) is 86.3 Å². The van der Waals surface area contributed by atoms with E-state index in [1.807, 2.05) is 4.90 Å². The molecule has 3 aliphatic heterocycles. The Bertz CT molecular complexity index is 1210. The molecule has 3 saturated heterocycles. The largest absolute Gasteiger partial charge is 0.337 e. The van der Waals surface area contributed by atoms with E-state index in [2.05, 4.69) is 9.62 Å². The summed E-state index contributed by atoms with van der Waals surface area (Å²) in [5.74, 6) is -0.369. The topological polar surface area (TPSA) is 90.0 Å². The van der Waals surface area contributed by atoms with E-state index in [1.165, 1.54) is 35.1 Å². The average molecular weight is 539 g/mol. The molecular formula is C24H31ClN4O4S2. The number of carbonyl (C=O) groups is 2. The lowest BCUT2D eigenvalue weighted by atomic mass is 10.1. The second-order valence-corrected chi connectivity index (χ2v) is 13.1. The minimum absolute atomic E-state index is 0.00687. The van der Waals surface area contributed by atoms with Crippen LogP contribution in [0.25, 0.3) is 10.1 Å². The summed E-state index contributed by atoms with van der Waals surface area (Å²) in [6, 6.07) is 5.89. The predicted molar refractivity (Wildman–Crippen MR) is 137 cm³/mol. The number of nitrogens with zero attached hydrogens (tertiary/aromatic N) is 3. The molecule has 0 saturated carbocycles. The third-order valence-corrected chi connectivity index (χ3v) is 10.0. The Hall–Kier alpha value is -1.72. The lowest BCUT2D eigenvalue weighted by molar-refractivity contribution is -0.143. The number of piperidine rings is 1. The molecule has 0 bridgehead atoms. The van der Waals surface area contributed by atoms with Crippen molar-refractivity contribution >= 4 is 54.9 Å². The fourth-order valence-corrected chi connectivity index (χ4v) is 7.88. The van der Waals surface area contributed by atoms with Gasteiger partial charge >= 0.3 is 0 Å². The summed E-state index contributed by atoms with van der Waals surface area (Å²) in [5.41, 5.74) is 0. The van der Waals surface area contributed by atoms with Crippen LogP contribution in [0.3, 0.4) is 0 Å². The molecule has 3 fully saturated rings. The van der Waals surface area contributed by atoms with E-state index in [4.69, 9.17) is 11.6 Å². The summed E-state index contributed by atoms with van der Waals surface area (Å²) in [6.07, 6.45) is 5.47. The molecule has 2 atom stereocenters. The monoisotopic (exact) mass is 538 g/mol. The SMILES string of the molecule is O=C1C(NS(=O)(=O)c2ccc3sc(Cl)cc3c2)CCCN1CC(=O)N1CCCC1CN1CCCC1. The highest BCUT2D eigenvalue weighted by Crippen LogP contribution is 2.31. The number of hydrogen-bond donors (Lipinski definition) is 1. The molecule has 1 N–H and O–H groups in total. The van der Waals surface area contributed by atoms with Crippen molar-refractivity contribution in [2.75, 3.05) is 39.3 Å². The van der Waals surface area contributed by atoms with Crippen LogP contribution in [0, 0.1) is 0 Å². The van der Waals surface area contributed by atoms with Gasteiger partial charge in [-0.1, -0.05) is 11.6 Å². The van der Waals surface area contributed by atoms with Crippen LogP contribution in [0.1, 0.15) is 38.5 Å². The van der Waals surface area contributed by atoms with Crippen LogP contribution in [0.15, 0.2) is 29.2 Å². The normalized spacial score (nSPS) is 24.1. The molecule has 11 heteroatoms. The van der Waals surface area contributed by atoms with Crippen LogP contribution in [0.5, 0.6) is 0 Å². The minimum atomic E-state index is -3.90. The van der Waals surface area contributed by atoms with Crippen LogP contribution in [-0.2, 0) is 19.6 Å². The third-order valence-electron chi connectivity index (χ3n) is 7.29. The molecular weight excluding hydrogens is 508 g/mol. The molecule has 35 heavy (non-hydrogen) atoms. The van der Waals surface area contributed by atoms with E-state index >= 15 is 0 Å². The first-order valence-corrected chi connectivity index (χ1v) is 15.0. The maximum atomic E-state index is 13.2. The van der Waals surface area contributed by atoms with Crippen molar-refractivity contribution in [1.82, 2.24) is 19.4 Å². The van der Waals surface area contributed by atoms with Crippen LogP contribution < -0.4 is 4.72 Å². The fraction of sp³-hybridized carbons (Fsp3) is 0.583. The van der Waals surface area contributed by atoms with E-state index in [9.17, 15) is 18.0 Å². The molecule has 2 amide bonds. The molecule has 0 aliphatic carbocycles. The Kier molecular flexibility index (Phi) is 7.37. The molecule has 2 unspecified atom stereocenters. The summed E-state index contributed by atoms with van der Waals surface area (Å²) in [7, 11) is -3.90. The molecule has 3 aliphatic rings. The van der Waals surface area contributed by atoms with Crippen LogP contribution >= 0.6 is 22.9 Å². The maximum absolute atomic E-state index is 13.2. The number of hydrogen-bond acceptors (Lipinski definition) is 6. The number of amides is 2. The van der Waals surface area contributed by atoms with Crippen molar-refractivity contribution in [2.45, 2.75) is 55.5 Å². The quantitative estimate of drug-likeness (QED) is 0.585. The zero-order chi connectivity index (χ0) is 24.6. The van der Waals surface area contributed by atoms with E-state index in [1.54, 1.807) is 18.2 Å². The second-order valence-electron chi connectivity index (χ2n) is 9.72. The van der Waals surface area contributed by atoms with E-state index < -0.39 is 16.1 Å². The van der Waals surface area contributed by atoms with Gasteiger partial charge in [-0.2, -0.15) is 4.72 Å². The van der Waals surface area contributed by atoms with Gasteiger partial charge in [-0.3, -0.25) is 9.59 Å². The van der Waals surface area contributed by atoms with Gasteiger partial charge < -0.3 is 14.7 Å². The van der Waals surface area contributed by atoms with E-state index in [0.29, 0.717) is 23.7 Å². The minimum Gasteiger partial charge on any atom is -0.337 e. The van der Waals surface area contributed by atoms with Crippen molar-refractivity contribution in [3.8, 4) is 0 Å². The summed E-state index contributed by atoms with van der Waals surface area (Å²) >= 11 is 7.43. The molecule has 4 heterocycles. The zero-order valence-electron chi connectivity index (χ0n) is 19.6. The van der Waals surface area contributed by atoms with E-state index in [-0.39, 0.29) is 29.3 Å². The number of benzene rings is 1. The highest BCUT2D eigenvalue weighted by Gasteiger charge is 2.36. The van der Waals surface area contributed by atoms with Gasteiger partial charge in [0.15, 0.2) is 0 Å². The maximum Gasteiger partial charge on any atom is 0.242 e. The number of sulfonamides is 1. The standard InChI is InChI=1S/C24H31ClN4O4S2/c25-22-14-17-13-19(7-8-21(17)34-22)35(32,33)26-20-6-4-11-28(24(20)31)16-23(30)29-12-3-5-18(29)15-27-9-1-2-10-27/h7-8,13-14,18,20,26H,1-6,9-12,15-16H2. The summed E-state index contributed by atoms with van der Waals surface area (Å²) in [6.45, 7) is 4.29. The summed E-state index contributed by atoms with van der Waals surface area (Å²) in [4.78, 5) is 32.3. The van der Waals surface area contributed by atoms with Crippen molar-refractivity contribution < 1.29 is 18.0 Å². The van der Waals surface area contributed by atoms with Crippen molar-refractivity contribution in [3.63, 3.8) is 0 Å². The van der Waals surface area contributed by atoms with Gasteiger partial charge in [0.1, 0.15) is 6.04 Å². The Morgan fingerprint density at radius 3 is 2.63 bits per heavy atom. The van der Waals surface area contributed by atoms with Gasteiger partial charge in [-0.25, -0.2) is 8.42 Å². The first-order chi connectivity index (χ1) is 16.8.